The van der Waals surface area contributed by atoms with Crippen LogP contribution in [0.1, 0.15) is 34.5 Å². The Bertz CT molecular complexity index is 595. The molecular weight excluding hydrogens is 302 g/mol. The molecule has 0 aliphatic heterocycles. The normalized spacial score (nSPS) is 11.9. The zero-order valence-corrected chi connectivity index (χ0v) is 12.6. The first-order valence-corrected chi connectivity index (χ1v) is 7.00. The maximum atomic E-state index is 12.2. The Labute approximate surface area is 122 Å². The van der Waals surface area contributed by atoms with Gasteiger partial charge in [0.25, 0.3) is 5.91 Å². The summed E-state index contributed by atoms with van der Waals surface area (Å²) in [5, 5.41) is 3.03. The molecule has 2 aromatic carbocycles. The molecule has 98 valence electrons. The van der Waals surface area contributed by atoms with Crippen LogP contribution in [0, 0.1) is 6.92 Å². The molecule has 1 atom stereocenters. The van der Waals surface area contributed by atoms with Crippen LogP contribution in [0.15, 0.2) is 53.0 Å². The number of carbonyl (C=O) groups excluding carboxylic acids is 1. The van der Waals surface area contributed by atoms with Crippen molar-refractivity contribution in [3.8, 4) is 0 Å². The van der Waals surface area contributed by atoms with Crippen molar-refractivity contribution in [3.63, 3.8) is 0 Å². The van der Waals surface area contributed by atoms with Crippen LogP contribution >= 0.6 is 15.9 Å². The fourth-order valence-electron chi connectivity index (χ4n) is 2.01. The number of amides is 1. The van der Waals surface area contributed by atoms with Crippen LogP contribution in [-0.4, -0.2) is 5.91 Å². The number of nitrogens with one attached hydrogen (secondary N) is 1. The van der Waals surface area contributed by atoms with Crippen molar-refractivity contribution in [2.24, 2.45) is 0 Å². The molecule has 2 nitrogen and oxygen atoms in total. The van der Waals surface area contributed by atoms with Gasteiger partial charge in [-0.2, -0.15) is 0 Å². The minimum Gasteiger partial charge on any atom is -0.345 e. The minimum absolute atomic E-state index is 0.0392. The Balaban J connectivity index is 2.16. The van der Waals surface area contributed by atoms with Gasteiger partial charge in [0.15, 0.2) is 0 Å². The molecule has 0 saturated carbocycles. The molecule has 1 amide bonds. The molecule has 0 bridgehead atoms. The molecular formula is C16H16BrNO. The highest BCUT2D eigenvalue weighted by atomic mass is 79.9. The molecule has 1 N–H and O–H groups in total. The predicted molar refractivity (Wildman–Crippen MR) is 81.2 cm³/mol. The number of benzene rings is 2. The molecule has 0 aliphatic rings. The number of aryl methyl sites for hydroxylation is 1. The van der Waals surface area contributed by atoms with Gasteiger partial charge in [-0.1, -0.05) is 52.3 Å². The Morgan fingerprint density at radius 2 is 1.74 bits per heavy atom. The maximum absolute atomic E-state index is 12.2. The summed E-state index contributed by atoms with van der Waals surface area (Å²) >= 11 is 3.51. The van der Waals surface area contributed by atoms with Gasteiger partial charge in [0.05, 0.1) is 6.04 Å². The molecule has 0 radical (unpaired) electrons. The second-order valence-corrected chi connectivity index (χ2v) is 5.39. The van der Waals surface area contributed by atoms with Gasteiger partial charge < -0.3 is 5.32 Å². The molecule has 2 rings (SSSR count). The molecule has 0 saturated heterocycles. The Morgan fingerprint density at radius 3 is 2.42 bits per heavy atom. The van der Waals surface area contributed by atoms with E-state index < -0.39 is 0 Å². The van der Waals surface area contributed by atoms with Gasteiger partial charge in [0.2, 0.25) is 0 Å². The van der Waals surface area contributed by atoms with Crippen LogP contribution in [0.3, 0.4) is 0 Å². The molecule has 3 heteroatoms. The second kappa shape index (κ2) is 6.02. The summed E-state index contributed by atoms with van der Waals surface area (Å²) < 4.78 is 1.01. The van der Waals surface area contributed by atoms with E-state index >= 15 is 0 Å². The van der Waals surface area contributed by atoms with Gasteiger partial charge in [0.1, 0.15) is 0 Å². The van der Waals surface area contributed by atoms with Gasteiger partial charge in [-0.05, 0) is 37.1 Å². The highest BCUT2D eigenvalue weighted by Crippen LogP contribution is 2.23. The van der Waals surface area contributed by atoms with Crippen LogP contribution in [0.4, 0.5) is 0 Å². The first-order chi connectivity index (χ1) is 9.09. The summed E-state index contributed by atoms with van der Waals surface area (Å²) in [5.41, 5.74) is 2.78. The lowest BCUT2D eigenvalue weighted by atomic mass is 10.1. The molecule has 0 aromatic heterocycles. The van der Waals surface area contributed by atoms with E-state index in [1.165, 1.54) is 0 Å². The van der Waals surface area contributed by atoms with E-state index in [4.69, 9.17) is 0 Å². The van der Waals surface area contributed by atoms with Crippen LogP contribution < -0.4 is 5.32 Å². The highest BCUT2D eigenvalue weighted by Gasteiger charge is 2.14. The average Bonchev–Trinajstić information content (AvgIpc) is 2.39. The van der Waals surface area contributed by atoms with E-state index in [1.54, 1.807) is 0 Å². The largest absolute Gasteiger partial charge is 0.345 e. The first kappa shape index (κ1) is 13.8. The van der Waals surface area contributed by atoms with Crippen LogP contribution in [0.2, 0.25) is 0 Å². The number of hydrogen-bond donors (Lipinski definition) is 1. The summed E-state index contributed by atoms with van der Waals surface area (Å²) in [6.45, 7) is 3.92. The summed E-state index contributed by atoms with van der Waals surface area (Å²) in [6.07, 6.45) is 0. The van der Waals surface area contributed by atoms with Crippen molar-refractivity contribution in [2.45, 2.75) is 19.9 Å². The van der Waals surface area contributed by atoms with Gasteiger partial charge in [-0.15, -0.1) is 0 Å². The molecule has 0 aliphatic carbocycles. The third-order valence-corrected chi connectivity index (χ3v) is 3.83. The Morgan fingerprint density at radius 1 is 1.11 bits per heavy atom. The van der Waals surface area contributed by atoms with Crippen molar-refractivity contribution in [3.05, 3.63) is 69.7 Å². The zero-order valence-electron chi connectivity index (χ0n) is 11.0. The molecule has 19 heavy (non-hydrogen) atoms. The van der Waals surface area contributed by atoms with E-state index in [0.29, 0.717) is 0 Å². The van der Waals surface area contributed by atoms with Crippen molar-refractivity contribution in [1.82, 2.24) is 5.32 Å². The fourth-order valence-corrected chi connectivity index (χ4v) is 2.63. The second-order valence-electron chi connectivity index (χ2n) is 4.53. The van der Waals surface area contributed by atoms with E-state index in [2.05, 4.69) is 21.2 Å². The fraction of sp³-hybridized carbons (Fsp3) is 0.188. The Hall–Kier alpha value is -1.61. The summed E-state index contributed by atoms with van der Waals surface area (Å²) in [6, 6.07) is 15.5. The first-order valence-electron chi connectivity index (χ1n) is 6.20. The van der Waals surface area contributed by atoms with Crippen molar-refractivity contribution in [2.75, 3.05) is 0 Å². The standard InChI is InChI=1S/C16H16BrNO/c1-11-7-3-4-8-13(11)16(19)18-12(2)14-9-5-6-10-15(14)17/h3-10,12H,1-2H3,(H,18,19). The summed E-state index contributed by atoms with van der Waals surface area (Å²) in [5.74, 6) is -0.0404. The summed E-state index contributed by atoms with van der Waals surface area (Å²) in [4.78, 5) is 12.2. The lowest BCUT2D eigenvalue weighted by Crippen LogP contribution is -2.27. The van der Waals surface area contributed by atoms with Gasteiger partial charge in [-0.25, -0.2) is 0 Å². The predicted octanol–water partition coefficient (Wildman–Crippen LogP) is 4.25. The SMILES string of the molecule is Cc1ccccc1C(=O)NC(C)c1ccccc1Br. The topological polar surface area (TPSA) is 29.1 Å². The van der Waals surface area contributed by atoms with Gasteiger partial charge in [0, 0.05) is 10.0 Å². The zero-order chi connectivity index (χ0) is 13.8. The average molecular weight is 318 g/mol. The van der Waals surface area contributed by atoms with Crippen molar-refractivity contribution in [1.29, 1.82) is 0 Å². The monoisotopic (exact) mass is 317 g/mol. The van der Waals surface area contributed by atoms with Crippen molar-refractivity contribution >= 4 is 21.8 Å². The van der Waals surface area contributed by atoms with E-state index in [1.807, 2.05) is 62.4 Å². The minimum atomic E-state index is -0.0404. The lowest BCUT2D eigenvalue weighted by Gasteiger charge is -2.16. The quantitative estimate of drug-likeness (QED) is 0.901. The Kier molecular flexibility index (Phi) is 4.38. The van der Waals surface area contributed by atoms with E-state index in [0.717, 1.165) is 21.2 Å². The van der Waals surface area contributed by atoms with Crippen molar-refractivity contribution < 1.29 is 4.79 Å². The highest BCUT2D eigenvalue weighted by molar-refractivity contribution is 9.10. The van der Waals surface area contributed by atoms with E-state index in [9.17, 15) is 4.79 Å². The number of carbonyl (C=O) groups is 1. The molecule has 0 heterocycles. The third kappa shape index (κ3) is 3.24. The molecule has 0 spiro atoms. The molecule has 1 unspecified atom stereocenters. The summed E-state index contributed by atoms with van der Waals surface area (Å²) in [7, 11) is 0. The third-order valence-electron chi connectivity index (χ3n) is 3.11. The number of hydrogen-bond acceptors (Lipinski definition) is 1. The van der Waals surface area contributed by atoms with Gasteiger partial charge in [-0.3, -0.25) is 4.79 Å². The van der Waals surface area contributed by atoms with Crippen LogP contribution in [-0.2, 0) is 0 Å². The lowest BCUT2D eigenvalue weighted by molar-refractivity contribution is 0.0939. The molecule has 2 aromatic rings. The van der Waals surface area contributed by atoms with Crippen LogP contribution in [0.25, 0.3) is 0 Å². The van der Waals surface area contributed by atoms with E-state index in [-0.39, 0.29) is 11.9 Å². The van der Waals surface area contributed by atoms with Crippen LogP contribution in [0.5, 0.6) is 0 Å². The number of rotatable bonds is 3. The van der Waals surface area contributed by atoms with Gasteiger partial charge >= 0.3 is 0 Å². The maximum Gasteiger partial charge on any atom is 0.252 e. The number of halogens is 1. The molecule has 0 fully saturated rings. The smallest absolute Gasteiger partial charge is 0.252 e.